The number of thiophene rings is 1. The van der Waals surface area contributed by atoms with Gasteiger partial charge < -0.3 is 5.32 Å². The highest BCUT2D eigenvalue weighted by Crippen LogP contribution is 2.25. The van der Waals surface area contributed by atoms with Gasteiger partial charge >= 0.3 is 0 Å². The number of aromatic amines is 1. The number of hydrogen-bond donors (Lipinski definition) is 2. The highest BCUT2D eigenvalue weighted by atomic mass is 79.9. The summed E-state index contributed by atoms with van der Waals surface area (Å²) in [5, 5.41) is 11.7. The van der Waals surface area contributed by atoms with Crippen LogP contribution in [0.15, 0.2) is 20.8 Å². The Hall–Kier alpha value is -0.740. The fourth-order valence-electron chi connectivity index (χ4n) is 2.00. The first-order valence-electron chi connectivity index (χ1n) is 6.24. The van der Waals surface area contributed by atoms with Crippen LogP contribution in [0.4, 0.5) is 0 Å². The maximum Gasteiger partial charge on any atom is 0.246 e. The quantitative estimate of drug-likeness (QED) is 0.788. The van der Waals surface area contributed by atoms with Crippen LogP contribution in [0.25, 0.3) is 0 Å². The molecule has 2 aromatic rings. The summed E-state index contributed by atoms with van der Waals surface area (Å²) < 4.78 is 27.8. The molecule has 0 bridgehead atoms. The lowest BCUT2D eigenvalue weighted by Gasteiger charge is -2.17. The van der Waals surface area contributed by atoms with E-state index in [-0.39, 0.29) is 4.90 Å². The minimum absolute atomic E-state index is 0.259. The van der Waals surface area contributed by atoms with Crippen molar-refractivity contribution in [2.45, 2.75) is 24.9 Å². The van der Waals surface area contributed by atoms with Crippen LogP contribution in [0, 0.1) is 6.92 Å². The molecule has 2 rings (SSSR count). The van der Waals surface area contributed by atoms with Crippen LogP contribution < -0.4 is 5.32 Å². The number of nitrogens with one attached hydrogen (secondary N) is 2. The van der Waals surface area contributed by atoms with Gasteiger partial charge in [0.1, 0.15) is 4.90 Å². The molecule has 9 heteroatoms. The molecule has 0 atom stereocenters. The Morgan fingerprint density at radius 2 is 2.24 bits per heavy atom. The summed E-state index contributed by atoms with van der Waals surface area (Å²) in [7, 11) is -0.238. The standard InChI is InChI=1S/C12H17BrN4O2S2/c1-8-12(11(5-14-2)16-15-8)21(18,19)17(3)6-10-4-9(13)7-20-10/h4,7,14H,5-6H2,1-3H3,(H,15,16). The molecule has 0 spiro atoms. The highest BCUT2D eigenvalue weighted by Gasteiger charge is 2.28. The van der Waals surface area contributed by atoms with Crippen molar-refractivity contribution in [2.24, 2.45) is 0 Å². The zero-order valence-corrected chi connectivity index (χ0v) is 15.2. The Bertz CT molecular complexity index is 723. The van der Waals surface area contributed by atoms with Crippen LogP contribution in [0.2, 0.25) is 0 Å². The van der Waals surface area contributed by atoms with E-state index in [1.165, 1.54) is 15.6 Å². The summed E-state index contributed by atoms with van der Waals surface area (Å²) in [5.41, 5.74) is 1.06. The molecule has 0 aromatic carbocycles. The van der Waals surface area contributed by atoms with Gasteiger partial charge in [0.25, 0.3) is 0 Å². The predicted molar refractivity (Wildman–Crippen MR) is 86.8 cm³/mol. The number of hydrogen-bond acceptors (Lipinski definition) is 5. The molecule has 0 amide bonds. The van der Waals surface area contributed by atoms with Crippen molar-refractivity contribution in [3.8, 4) is 0 Å². The molecule has 0 unspecified atom stereocenters. The van der Waals surface area contributed by atoms with Crippen LogP contribution in [-0.2, 0) is 23.1 Å². The largest absolute Gasteiger partial charge is 0.314 e. The molecule has 21 heavy (non-hydrogen) atoms. The minimum Gasteiger partial charge on any atom is -0.314 e. The van der Waals surface area contributed by atoms with E-state index in [4.69, 9.17) is 0 Å². The summed E-state index contributed by atoms with van der Waals surface area (Å²) in [6.45, 7) is 2.45. The van der Waals surface area contributed by atoms with Crippen molar-refractivity contribution >= 4 is 37.3 Å². The first-order chi connectivity index (χ1) is 9.86. The minimum atomic E-state index is -3.58. The maximum atomic E-state index is 12.8. The molecule has 2 N–H and O–H groups in total. The third-order valence-corrected chi connectivity index (χ3v) is 6.66. The zero-order chi connectivity index (χ0) is 15.6. The molecule has 0 saturated carbocycles. The normalized spacial score (nSPS) is 12.2. The Morgan fingerprint density at radius 1 is 1.52 bits per heavy atom. The second-order valence-corrected chi connectivity index (χ2v) is 8.54. The van der Waals surface area contributed by atoms with Gasteiger partial charge in [-0.1, -0.05) is 0 Å². The monoisotopic (exact) mass is 392 g/mol. The fourth-order valence-corrected chi connectivity index (χ4v) is 5.05. The summed E-state index contributed by atoms with van der Waals surface area (Å²) in [6, 6.07) is 1.92. The number of aromatic nitrogens is 2. The fraction of sp³-hybridized carbons (Fsp3) is 0.417. The van der Waals surface area contributed by atoms with Crippen molar-refractivity contribution in [3.05, 3.63) is 32.2 Å². The van der Waals surface area contributed by atoms with Gasteiger partial charge in [-0.05, 0) is 36.0 Å². The number of H-pyrrole nitrogens is 1. The van der Waals surface area contributed by atoms with E-state index in [1.807, 2.05) is 11.4 Å². The number of halogens is 1. The average Bonchev–Trinajstić information content (AvgIpc) is 2.97. The van der Waals surface area contributed by atoms with Crippen LogP contribution in [0.1, 0.15) is 16.3 Å². The lowest BCUT2D eigenvalue weighted by Crippen LogP contribution is -2.27. The molecule has 6 nitrogen and oxygen atoms in total. The van der Waals surface area contributed by atoms with E-state index in [0.29, 0.717) is 24.5 Å². The second kappa shape index (κ2) is 6.57. The van der Waals surface area contributed by atoms with Gasteiger partial charge in [0, 0.05) is 34.9 Å². The Morgan fingerprint density at radius 3 is 2.81 bits per heavy atom. The Balaban J connectivity index is 2.30. The summed E-state index contributed by atoms with van der Waals surface area (Å²) in [5.74, 6) is 0. The van der Waals surface area contributed by atoms with Crippen LogP contribution >= 0.6 is 27.3 Å². The van der Waals surface area contributed by atoms with Crippen molar-refractivity contribution in [2.75, 3.05) is 14.1 Å². The lowest BCUT2D eigenvalue weighted by molar-refractivity contribution is 0.468. The molecule has 0 fully saturated rings. The molecular formula is C12H17BrN4O2S2. The van der Waals surface area contributed by atoms with Gasteiger partial charge in [-0.2, -0.15) is 9.40 Å². The summed E-state index contributed by atoms with van der Waals surface area (Å²) >= 11 is 4.90. The van der Waals surface area contributed by atoms with Gasteiger partial charge in [-0.3, -0.25) is 5.10 Å². The number of rotatable bonds is 6. The van der Waals surface area contributed by atoms with Crippen molar-refractivity contribution in [1.29, 1.82) is 0 Å². The van der Waals surface area contributed by atoms with Crippen molar-refractivity contribution < 1.29 is 8.42 Å². The van der Waals surface area contributed by atoms with Crippen LogP contribution in [0.3, 0.4) is 0 Å². The first-order valence-corrected chi connectivity index (χ1v) is 9.35. The van der Waals surface area contributed by atoms with Crippen molar-refractivity contribution in [3.63, 3.8) is 0 Å². The Labute approximate surface area is 136 Å². The third kappa shape index (κ3) is 3.54. The summed E-state index contributed by atoms with van der Waals surface area (Å²) in [6.07, 6.45) is 0. The predicted octanol–water partition coefficient (Wildman–Crippen LogP) is 2.08. The zero-order valence-electron chi connectivity index (χ0n) is 12.0. The van der Waals surface area contributed by atoms with Gasteiger partial charge in [0.05, 0.1) is 11.4 Å². The van der Waals surface area contributed by atoms with Crippen LogP contribution in [-0.4, -0.2) is 37.0 Å². The average molecular weight is 393 g/mol. The second-order valence-electron chi connectivity index (χ2n) is 4.65. The highest BCUT2D eigenvalue weighted by molar-refractivity contribution is 9.10. The number of nitrogens with zero attached hydrogens (tertiary/aromatic N) is 2. The van der Waals surface area contributed by atoms with E-state index in [0.717, 1.165) is 9.35 Å². The van der Waals surface area contributed by atoms with E-state index in [9.17, 15) is 8.42 Å². The molecular weight excluding hydrogens is 376 g/mol. The lowest BCUT2D eigenvalue weighted by atomic mass is 10.4. The van der Waals surface area contributed by atoms with E-state index < -0.39 is 10.0 Å². The third-order valence-electron chi connectivity index (χ3n) is 2.97. The van der Waals surface area contributed by atoms with Gasteiger partial charge in [-0.25, -0.2) is 8.42 Å². The van der Waals surface area contributed by atoms with E-state index in [2.05, 4.69) is 31.4 Å². The number of aryl methyl sites for hydroxylation is 1. The van der Waals surface area contributed by atoms with E-state index in [1.54, 1.807) is 21.0 Å². The number of sulfonamides is 1. The molecule has 2 heterocycles. The molecule has 0 radical (unpaired) electrons. The van der Waals surface area contributed by atoms with Crippen molar-refractivity contribution in [1.82, 2.24) is 19.8 Å². The SMILES string of the molecule is CNCc1n[nH]c(C)c1S(=O)(=O)N(C)Cc1cc(Br)cs1. The summed E-state index contributed by atoms with van der Waals surface area (Å²) in [4.78, 5) is 1.24. The molecule has 0 aliphatic rings. The molecule has 116 valence electrons. The van der Waals surface area contributed by atoms with Gasteiger partial charge in [-0.15, -0.1) is 11.3 Å². The topological polar surface area (TPSA) is 78.1 Å². The van der Waals surface area contributed by atoms with Gasteiger partial charge in [0.2, 0.25) is 10.0 Å². The van der Waals surface area contributed by atoms with E-state index >= 15 is 0 Å². The van der Waals surface area contributed by atoms with Crippen LogP contribution in [0.5, 0.6) is 0 Å². The molecule has 2 aromatic heterocycles. The molecule has 0 saturated heterocycles. The van der Waals surface area contributed by atoms with Gasteiger partial charge in [0.15, 0.2) is 0 Å². The molecule has 0 aliphatic heterocycles. The Kier molecular flexibility index (Phi) is 5.20. The smallest absolute Gasteiger partial charge is 0.246 e. The molecule has 0 aliphatic carbocycles. The maximum absolute atomic E-state index is 12.8. The first kappa shape index (κ1) is 16.6.